The van der Waals surface area contributed by atoms with E-state index in [1.807, 2.05) is 4.90 Å². The maximum Gasteiger partial charge on any atom is 0.249 e. The Bertz CT molecular complexity index is 608. The van der Waals surface area contributed by atoms with Gasteiger partial charge in [-0.25, -0.2) is 0 Å². The number of rotatable bonds is 10. The Balaban J connectivity index is 1.69. The molecule has 3 aliphatic rings. The first kappa shape index (κ1) is 22.9. The van der Waals surface area contributed by atoms with E-state index in [-0.39, 0.29) is 36.3 Å². The summed E-state index contributed by atoms with van der Waals surface area (Å²) in [6.45, 7) is 5.47. The van der Waals surface area contributed by atoms with Crippen LogP contribution in [0.3, 0.4) is 0 Å². The molecule has 3 rings (SSSR count). The Labute approximate surface area is 178 Å². The van der Waals surface area contributed by atoms with Crippen molar-refractivity contribution < 1.29 is 23.9 Å². The van der Waals surface area contributed by atoms with Crippen LogP contribution in [-0.2, 0) is 23.9 Å². The summed E-state index contributed by atoms with van der Waals surface area (Å²) in [7, 11) is 1.46. The average Bonchev–Trinajstić information content (AvgIpc) is 3.52. The van der Waals surface area contributed by atoms with Crippen molar-refractivity contribution in [3.63, 3.8) is 0 Å². The standard InChI is InChI=1S/C20H35N5O5/c1-29-14-18(26)25-13-16(12-17(25)19(27)22-5-4-21)24(20(28)15-2-3-15)7-6-23-8-10-30-11-9-23/h15-17H,2-14,21H2,1H3,(H,22,27). The predicted molar refractivity (Wildman–Crippen MR) is 110 cm³/mol. The topological polar surface area (TPSA) is 117 Å². The van der Waals surface area contributed by atoms with Crippen molar-refractivity contribution in [1.29, 1.82) is 0 Å². The van der Waals surface area contributed by atoms with E-state index in [0.29, 0.717) is 45.8 Å². The van der Waals surface area contributed by atoms with Gasteiger partial charge in [0.05, 0.1) is 19.3 Å². The van der Waals surface area contributed by atoms with Crippen molar-refractivity contribution >= 4 is 17.7 Å². The molecule has 1 saturated carbocycles. The van der Waals surface area contributed by atoms with Crippen molar-refractivity contribution in [2.24, 2.45) is 11.7 Å². The second-order valence-electron chi connectivity index (χ2n) is 8.22. The van der Waals surface area contributed by atoms with Crippen molar-refractivity contribution in [2.45, 2.75) is 31.3 Å². The minimum absolute atomic E-state index is 0.0856. The number of amides is 3. The van der Waals surface area contributed by atoms with Crippen LogP contribution in [0, 0.1) is 5.92 Å². The lowest BCUT2D eigenvalue weighted by Gasteiger charge is -2.33. The van der Waals surface area contributed by atoms with Gasteiger partial charge in [0.2, 0.25) is 17.7 Å². The molecule has 30 heavy (non-hydrogen) atoms. The normalized spacial score (nSPS) is 24.7. The van der Waals surface area contributed by atoms with Gasteiger partial charge in [0, 0.05) is 58.8 Å². The first-order valence-corrected chi connectivity index (χ1v) is 10.9. The molecule has 2 aliphatic heterocycles. The molecule has 0 aromatic rings. The van der Waals surface area contributed by atoms with Crippen LogP contribution in [0.1, 0.15) is 19.3 Å². The quantitative estimate of drug-likeness (QED) is 0.426. The second kappa shape index (κ2) is 11.0. The average molecular weight is 426 g/mol. The Morgan fingerprint density at radius 3 is 2.60 bits per heavy atom. The van der Waals surface area contributed by atoms with Crippen LogP contribution < -0.4 is 11.1 Å². The van der Waals surface area contributed by atoms with Crippen LogP contribution in [0.2, 0.25) is 0 Å². The summed E-state index contributed by atoms with van der Waals surface area (Å²) >= 11 is 0. The maximum atomic E-state index is 13.1. The van der Waals surface area contributed by atoms with E-state index in [1.54, 1.807) is 4.90 Å². The molecule has 10 nitrogen and oxygen atoms in total. The van der Waals surface area contributed by atoms with Crippen molar-refractivity contribution in [3.8, 4) is 0 Å². The fraction of sp³-hybridized carbons (Fsp3) is 0.850. The van der Waals surface area contributed by atoms with Crippen molar-refractivity contribution in [2.75, 3.05) is 72.7 Å². The number of nitrogens with two attached hydrogens (primary N) is 1. The third-order valence-electron chi connectivity index (χ3n) is 6.02. The molecule has 2 unspecified atom stereocenters. The summed E-state index contributed by atoms with van der Waals surface area (Å²) in [6.07, 6.45) is 2.28. The van der Waals surface area contributed by atoms with E-state index >= 15 is 0 Å². The summed E-state index contributed by atoms with van der Waals surface area (Å²) < 4.78 is 10.4. The minimum Gasteiger partial charge on any atom is -0.379 e. The zero-order valence-electron chi connectivity index (χ0n) is 17.9. The number of nitrogens with zero attached hydrogens (tertiary/aromatic N) is 3. The van der Waals surface area contributed by atoms with E-state index in [1.165, 1.54) is 7.11 Å². The number of morpholine rings is 1. The lowest BCUT2D eigenvalue weighted by atomic mass is 10.1. The highest BCUT2D eigenvalue weighted by molar-refractivity contribution is 5.89. The van der Waals surface area contributed by atoms with E-state index in [4.69, 9.17) is 15.2 Å². The van der Waals surface area contributed by atoms with E-state index in [9.17, 15) is 14.4 Å². The molecular weight excluding hydrogens is 390 g/mol. The van der Waals surface area contributed by atoms with Crippen LogP contribution >= 0.6 is 0 Å². The van der Waals surface area contributed by atoms with Gasteiger partial charge >= 0.3 is 0 Å². The fourth-order valence-corrected chi connectivity index (χ4v) is 4.19. The molecule has 0 radical (unpaired) electrons. The number of likely N-dealkylation sites (tertiary alicyclic amines) is 1. The molecule has 170 valence electrons. The van der Waals surface area contributed by atoms with Gasteiger partial charge < -0.3 is 30.3 Å². The lowest BCUT2D eigenvalue weighted by Crippen LogP contribution is -2.49. The molecule has 0 aromatic carbocycles. The van der Waals surface area contributed by atoms with E-state index in [0.717, 1.165) is 32.5 Å². The molecule has 0 aromatic heterocycles. The first-order chi connectivity index (χ1) is 14.5. The number of carbonyl (C=O) groups is 3. The third kappa shape index (κ3) is 5.90. The van der Waals surface area contributed by atoms with Crippen LogP contribution in [0.5, 0.6) is 0 Å². The Kier molecular flexibility index (Phi) is 8.43. The number of methoxy groups -OCH3 is 1. The molecule has 10 heteroatoms. The first-order valence-electron chi connectivity index (χ1n) is 10.9. The van der Waals surface area contributed by atoms with Gasteiger partial charge in [-0.3, -0.25) is 19.3 Å². The molecular formula is C20H35N5O5. The molecule has 2 atom stereocenters. The van der Waals surface area contributed by atoms with Crippen molar-refractivity contribution in [1.82, 2.24) is 20.0 Å². The number of hydrogen-bond donors (Lipinski definition) is 2. The van der Waals surface area contributed by atoms with Gasteiger partial charge in [-0.1, -0.05) is 0 Å². The Morgan fingerprint density at radius 2 is 1.97 bits per heavy atom. The maximum absolute atomic E-state index is 13.1. The highest BCUT2D eigenvalue weighted by atomic mass is 16.5. The lowest BCUT2D eigenvalue weighted by molar-refractivity contribution is -0.141. The van der Waals surface area contributed by atoms with E-state index in [2.05, 4.69) is 10.2 Å². The van der Waals surface area contributed by atoms with Crippen LogP contribution in [0.15, 0.2) is 0 Å². The molecule has 0 spiro atoms. The highest BCUT2D eigenvalue weighted by Crippen LogP contribution is 2.33. The van der Waals surface area contributed by atoms with E-state index < -0.39 is 6.04 Å². The summed E-state index contributed by atoms with van der Waals surface area (Å²) in [5.41, 5.74) is 5.50. The Hall–Kier alpha value is -1.75. The van der Waals surface area contributed by atoms with Gasteiger partial charge in [0.1, 0.15) is 12.6 Å². The number of carbonyl (C=O) groups excluding carboxylic acids is 3. The van der Waals surface area contributed by atoms with Crippen LogP contribution in [-0.4, -0.2) is 117 Å². The largest absolute Gasteiger partial charge is 0.379 e. The van der Waals surface area contributed by atoms with Gasteiger partial charge in [0.15, 0.2) is 0 Å². The fourth-order valence-electron chi connectivity index (χ4n) is 4.19. The summed E-state index contributed by atoms with van der Waals surface area (Å²) in [5, 5.41) is 2.78. The van der Waals surface area contributed by atoms with Crippen LogP contribution in [0.4, 0.5) is 0 Å². The van der Waals surface area contributed by atoms with Crippen molar-refractivity contribution in [3.05, 3.63) is 0 Å². The summed E-state index contributed by atoms with van der Waals surface area (Å²) in [6, 6.07) is -0.782. The Morgan fingerprint density at radius 1 is 1.23 bits per heavy atom. The van der Waals surface area contributed by atoms with Gasteiger partial charge in [0.25, 0.3) is 0 Å². The predicted octanol–water partition coefficient (Wildman–Crippen LogP) is -1.75. The molecule has 2 saturated heterocycles. The monoisotopic (exact) mass is 425 g/mol. The van der Waals surface area contributed by atoms with Gasteiger partial charge in [-0.2, -0.15) is 0 Å². The third-order valence-corrected chi connectivity index (χ3v) is 6.02. The van der Waals surface area contributed by atoms with Gasteiger partial charge in [-0.15, -0.1) is 0 Å². The van der Waals surface area contributed by atoms with Crippen LogP contribution in [0.25, 0.3) is 0 Å². The SMILES string of the molecule is COCC(=O)N1CC(N(CCN2CCOCC2)C(=O)C2CC2)CC1C(=O)NCCN. The summed E-state index contributed by atoms with van der Waals surface area (Å²) in [4.78, 5) is 44.1. The smallest absolute Gasteiger partial charge is 0.249 e. The molecule has 3 fully saturated rings. The zero-order valence-corrected chi connectivity index (χ0v) is 17.9. The molecule has 3 amide bonds. The zero-order chi connectivity index (χ0) is 21.5. The number of nitrogens with one attached hydrogen (secondary N) is 1. The highest BCUT2D eigenvalue weighted by Gasteiger charge is 2.45. The second-order valence-corrected chi connectivity index (χ2v) is 8.22. The molecule has 3 N–H and O–H groups in total. The summed E-state index contributed by atoms with van der Waals surface area (Å²) in [5.74, 6) is -0.224. The molecule has 2 heterocycles. The number of hydrogen-bond acceptors (Lipinski definition) is 7. The number of ether oxygens (including phenoxy) is 2. The minimum atomic E-state index is -0.609. The van der Waals surface area contributed by atoms with Gasteiger partial charge in [-0.05, 0) is 19.3 Å². The molecule has 0 bridgehead atoms. The molecule has 1 aliphatic carbocycles.